The van der Waals surface area contributed by atoms with Gasteiger partial charge < -0.3 is 19.3 Å². The van der Waals surface area contributed by atoms with Gasteiger partial charge in [-0.1, -0.05) is 54.1 Å². The van der Waals surface area contributed by atoms with Crippen molar-refractivity contribution >= 4 is 46.2 Å². The standard InChI is InChI=1S/C28H31ClN6O2/c1-6-36-24-15-19(17-30-33-25-16-26(34(2)3)32-28(31-25)35(4)5)14-23(29)27(24)37-18-21-12-9-11-20-10-7-8-13-22(20)21/h7-17H,6,18H2,1-5H3,(H,31,32,33)/b30-17-. The molecule has 0 saturated heterocycles. The lowest BCUT2D eigenvalue weighted by Crippen LogP contribution is -2.17. The molecule has 4 rings (SSSR count). The molecule has 0 aliphatic carbocycles. The Morgan fingerprint density at radius 1 is 0.946 bits per heavy atom. The van der Waals surface area contributed by atoms with E-state index in [-0.39, 0.29) is 0 Å². The van der Waals surface area contributed by atoms with E-state index in [1.54, 1.807) is 12.3 Å². The summed E-state index contributed by atoms with van der Waals surface area (Å²) in [6.45, 7) is 2.76. The molecule has 0 fully saturated rings. The predicted octanol–water partition coefficient (Wildman–Crippen LogP) is 5.84. The summed E-state index contributed by atoms with van der Waals surface area (Å²) in [5, 5.41) is 7.11. The molecular formula is C28H31ClN6O2. The molecule has 1 aromatic heterocycles. The topological polar surface area (TPSA) is 75.1 Å². The van der Waals surface area contributed by atoms with E-state index in [1.165, 1.54) is 0 Å². The maximum Gasteiger partial charge on any atom is 0.228 e. The fourth-order valence-corrected chi connectivity index (χ4v) is 3.99. The SMILES string of the molecule is CCOc1cc(/C=N\Nc2cc(N(C)C)nc(N(C)C)n2)cc(Cl)c1OCc1cccc2ccccc12. The van der Waals surface area contributed by atoms with Crippen molar-refractivity contribution < 1.29 is 9.47 Å². The van der Waals surface area contributed by atoms with Gasteiger partial charge in [-0.05, 0) is 41.0 Å². The van der Waals surface area contributed by atoms with E-state index >= 15 is 0 Å². The van der Waals surface area contributed by atoms with Crippen LogP contribution in [-0.2, 0) is 6.61 Å². The number of nitrogens with zero attached hydrogens (tertiary/aromatic N) is 5. The van der Waals surface area contributed by atoms with Crippen molar-refractivity contribution in [3.05, 3.63) is 76.8 Å². The summed E-state index contributed by atoms with van der Waals surface area (Å²) >= 11 is 6.64. The Hall–Kier alpha value is -4.04. The number of benzene rings is 3. The van der Waals surface area contributed by atoms with Crippen molar-refractivity contribution in [3.63, 3.8) is 0 Å². The Kier molecular flexibility index (Phi) is 8.30. The first-order valence-corrected chi connectivity index (χ1v) is 12.3. The lowest BCUT2D eigenvalue weighted by molar-refractivity contribution is 0.270. The molecule has 0 bridgehead atoms. The number of hydrazone groups is 1. The van der Waals surface area contributed by atoms with E-state index in [2.05, 4.69) is 44.8 Å². The highest BCUT2D eigenvalue weighted by atomic mass is 35.5. The average Bonchev–Trinajstić information content (AvgIpc) is 2.88. The summed E-state index contributed by atoms with van der Waals surface area (Å²) in [6.07, 6.45) is 1.66. The summed E-state index contributed by atoms with van der Waals surface area (Å²) in [7, 11) is 7.64. The summed E-state index contributed by atoms with van der Waals surface area (Å²) < 4.78 is 12.0. The monoisotopic (exact) mass is 518 g/mol. The van der Waals surface area contributed by atoms with Crippen molar-refractivity contribution in [2.75, 3.05) is 50.0 Å². The number of ether oxygens (including phenoxy) is 2. The molecule has 0 spiro atoms. The summed E-state index contributed by atoms with van der Waals surface area (Å²) in [5.74, 6) is 2.99. The molecule has 1 N–H and O–H groups in total. The van der Waals surface area contributed by atoms with Crippen LogP contribution in [0.5, 0.6) is 11.5 Å². The van der Waals surface area contributed by atoms with Crippen LogP contribution < -0.4 is 24.7 Å². The van der Waals surface area contributed by atoms with E-state index < -0.39 is 0 Å². The Labute approximate surface area is 222 Å². The summed E-state index contributed by atoms with van der Waals surface area (Å²) in [5.41, 5.74) is 4.81. The van der Waals surface area contributed by atoms with Gasteiger partial charge in [0.2, 0.25) is 5.95 Å². The Morgan fingerprint density at radius 3 is 2.49 bits per heavy atom. The number of aromatic nitrogens is 2. The van der Waals surface area contributed by atoms with Crippen molar-refractivity contribution in [3.8, 4) is 11.5 Å². The number of hydrogen-bond acceptors (Lipinski definition) is 8. The number of halogens is 1. The second-order valence-corrected chi connectivity index (χ2v) is 9.17. The van der Waals surface area contributed by atoms with Gasteiger partial charge in [0.25, 0.3) is 0 Å². The summed E-state index contributed by atoms with van der Waals surface area (Å²) in [6, 6.07) is 19.9. The Bertz CT molecular complexity index is 1380. The highest BCUT2D eigenvalue weighted by Gasteiger charge is 2.14. The first kappa shape index (κ1) is 26.0. The second kappa shape index (κ2) is 11.8. The quantitative estimate of drug-likeness (QED) is 0.209. The van der Waals surface area contributed by atoms with Gasteiger partial charge >= 0.3 is 0 Å². The normalized spacial score (nSPS) is 11.1. The fourth-order valence-electron chi connectivity index (χ4n) is 3.72. The molecule has 3 aromatic carbocycles. The second-order valence-electron chi connectivity index (χ2n) is 8.76. The highest BCUT2D eigenvalue weighted by molar-refractivity contribution is 6.32. The molecule has 4 aromatic rings. The third-order valence-electron chi connectivity index (χ3n) is 5.54. The molecule has 0 aliphatic rings. The minimum atomic E-state index is 0.367. The zero-order valence-corrected chi connectivity index (χ0v) is 22.5. The highest BCUT2D eigenvalue weighted by Crippen LogP contribution is 2.37. The third kappa shape index (κ3) is 6.40. The lowest BCUT2D eigenvalue weighted by Gasteiger charge is -2.17. The van der Waals surface area contributed by atoms with Crippen molar-refractivity contribution in [1.29, 1.82) is 0 Å². The summed E-state index contributed by atoms with van der Waals surface area (Å²) in [4.78, 5) is 12.8. The zero-order valence-electron chi connectivity index (χ0n) is 21.7. The molecule has 1 heterocycles. The van der Waals surface area contributed by atoms with Gasteiger partial charge in [-0.15, -0.1) is 0 Å². The largest absolute Gasteiger partial charge is 0.490 e. The van der Waals surface area contributed by atoms with E-state index in [0.717, 1.165) is 27.7 Å². The molecule has 0 radical (unpaired) electrons. The van der Waals surface area contributed by atoms with Gasteiger partial charge in [0.1, 0.15) is 12.4 Å². The van der Waals surface area contributed by atoms with Crippen LogP contribution in [0.1, 0.15) is 18.1 Å². The maximum absolute atomic E-state index is 6.64. The lowest BCUT2D eigenvalue weighted by atomic mass is 10.1. The molecule has 0 saturated carbocycles. The van der Waals surface area contributed by atoms with E-state index in [1.807, 2.05) is 75.2 Å². The fraction of sp³-hybridized carbons (Fsp3) is 0.250. The molecule has 192 valence electrons. The number of anilines is 3. The Balaban J connectivity index is 1.54. The smallest absolute Gasteiger partial charge is 0.228 e. The molecule has 0 atom stereocenters. The van der Waals surface area contributed by atoms with Gasteiger partial charge in [-0.3, -0.25) is 5.43 Å². The van der Waals surface area contributed by atoms with Crippen LogP contribution in [0.3, 0.4) is 0 Å². The zero-order chi connectivity index (χ0) is 26.4. The van der Waals surface area contributed by atoms with E-state index in [4.69, 9.17) is 21.1 Å². The number of rotatable bonds is 10. The molecule has 9 heteroatoms. The van der Waals surface area contributed by atoms with Crippen molar-refractivity contribution in [1.82, 2.24) is 9.97 Å². The predicted molar refractivity (Wildman–Crippen MR) is 153 cm³/mol. The van der Waals surface area contributed by atoms with Crippen LogP contribution in [0.15, 0.2) is 65.8 Å². The molecule has 8 nitrogen and oxygen atoms in total. The van der Waals surface area contributed by atoms with Crippen LogP contribution in [-0.4, -0.2) is 51.0 Å². The minimum absolute atomic E-state index is 0.367. The van der Waals surface area contributed by atoms with Crippen molar-refractivity contribution in [2.24, 2.45) is 5.10 Å². The van der Waals surface area contributed by atoms with Gasteiger partial charge in [0, 0.05) is 34.3 Å². The first-order valence-electron chi connectivity index (χ1n) is 11.9. The van der Waals surface area contributed by atoms with Crippen molar-refractivity contribution in [2.45, 2.75) is 13.5 Å². The molecule has 0 unspecified atom stereocenters. The first-order chi connectivity index (χ1) is 17.9. The number of hydrogen-bond donors (Lipinski definition) is 1. The van der Waals surface area contributed by atoms with Crippen LogP contribution in [0.2, 0.25) is 5.02 Å². The molecule has 0 amide bonds. The molecule has 37 heavy (non-hydrogen) atoms. The number of fused-ring (bicyclic) bond motifs is 1. The van der Waals surface area contributed by atoms with Gasteiger partial charge in [0.05, 0.1) is 17.8 Å². The number of nitrogens with one attached hydrogen (secondary N) is 1. The Morgan fingerprint density at radius 2 is 1.73 bits per heavy atom. The van der Waals surface area contributed by atoms with Gasteiger partial charge in [-0.25, -0.2) is 0 Å². The minimum Gasteiger partial charge on any atom is -0.490 e. The van der Waals surface area contributed by atoms with Gasteiger partial charge in [-0.2, -0.15) is 15.1 Å². The van der Waals surface area contributed by atoms with Crippen LogP contribution in [0.25, 0.3) is 10.8 Å². The molecular weight excluding hydrogens is 488 g/mol. The van der Waals surface area contributed by atoms with E-state index in [9.17, 15) is 0 Å². The molecule has 0 aliphatic heterocycles. The van der Waals surface area contributed by atoms with E-state index in [0.29, 0.717) is 41.5 Å². The van der Waals surface area contributed by atoms with Gasteiger partial charge in [0.15, 0.2) is 17.3 Å². The third-order valence-corrected chi connectivity index (χ3v) is 5.82. The van der Waals surface area contributed by atoms with Crippen LogP contribution >= 0.6 is 11.6 Å². The van der Waals surface area contributed by atoms with Crippen LogP contribution in [0.4, 0.5) is 17.6 Å². The van der Waals surface area contributed by atoms with Crippen LogP contribution in [0, 0.1) is 0 Å². The average molecular weight is 519 g/mol. The maximum atomic E-state index is 6.64.